The van der Waals surface area contributed by atoms with Gasteiger partial charge in [-0.2, -0.15) is 0 Å². The molecule has 0 saturated carbocycles. The fourth-order valence-corrected chi connectivity index (χ4v) is 2.34. The van der Waals surface area contributed by atoms with E-state index >= 15 is 0 Å². The van der Waals surface area contributed by atoms with Gasteiger partial charge < -0.3 is 10.1 Å². The summed E-state index contributed by atoms with van der Waals surface area (Å²) in [6, 6.07) is 6.57. The summed E-state index contributed by atoms with van der Waals surface area (Å²) < 4.78 is 19.0. The molecule has 0 aromatic heterocycles. The lowest BCUT2D eigenvalue weighted by Crippen LogP contribution is -2.44. The number of nitrogens with one attached hydrogen (secondary N) is 1. The van der Waals surface area contributed by atoms with Crippen LogP contribution in [0.1, 0.15) is 39.2 Å². The monoisotopic (exact) mass is 267 g/mol. The zero-order chi connectivity index (χ0) is 14.3. The van der Waals surface area contributed by atoms with Crippen molar-refractivity contribution in [3.8, 4) is 0 Å². The zero-order valence-corrected chi connectivity index (χ0v) is 11.8. The number of carbonyl (C=O) groups is 1. The molecule has 1 aromatic rings. The van der Waals surface area contributed by atoms with Crippen molar-refractivity contribution < 1.29 is 13.9 Å². The smallest absolute Gasteiger partial charge is 0.308 e. The summed E-state index contributed by atoms with van der Waals surface area (Å²) in [6.07, 6.45) is 0.743. The van der Waals surface area contributed by atoms with Crippen molar-refractivity contribution in [1.29, 1.82) is 0 Å². The summed E-state index contributed by atoms with van der Waals surface area (Å²) in [5.41, 5.74) is -0.181. The Bertz CT molecular complexity index is 422. The van der Waals surface area contributed by atoms with E-state index in [0.717, 1.165) is 0 Å². The summed E-state index contributed by atoms with van der Waals surface area (Å²) in [6.45, 7) is 6.64. The molecule has 0 spiro atoms. The molecule has 0 amide bonds. The molecule has 0 aliphatic carbocycles. The molecule has 1 N–H and O–H groups in total. The highest BCUT2D eigenvalue weighted by atomic mass is 19.1. The molecule has 0 saturated heterocycles. The van der Waals surface area contributed by atoms with Crippen LogP contribution in [0.4, 0.5) is 4.39 Å². The fraction of sp³-hybridized carbons (Fsp3) is 0.533. The molecule has 0 aliphatic heterocycles. The molecule has 4 heteroatoms. The molecular formula is C15H22FNO2. The SMILES string of the molecule is CCNC(CC)(CC(=O)OCC)c1ccccc1F. The normalized spacial score (nSPS) is 13.9. The van der Waals surface area contributed by atoms with Gasteiger partial charge >= 0.3 is 5.97 Å². The van der Waals surface area contributed by atoms with Crippen molar-refractivity contribution in [2.24, 2.45) is 0 Å². The van der Waals surface area contributed by atoms with Crippen LogP contribution in [0.25, 0.3) is 0 Å². The first-order chi connectivity index (χ1) is 9.09. The van der Waals surface area contributed by atoms with Gasteiger partial charge in [0.05, 0.1) is 18.6 Å². The minimum Gasteiger partial charge on any atom is -0.466 e. The Morgan fingerprint density at radius 2 is 2.00 bits per heavy atom. The molecule has 0 radical (unpaired) electrons. The van der Waals surface area contributed by atoms with E-state index in [-0.39, 0.29) is 18.2 Å². The molecule has 1 unspecified atom stereocenters. The van der Waals surface area contributed by atoms with Gasteiger partial charge in [0.1, 0.15) is 5.82 Å². The Hall–Kier alpha value is -1.42. The van der Waals surface area contributed by atoms with Crippen molar-refractivity contribution in [2.75, 3.05) is 13.2 Å². The molecule has 0 aliphatic rings. The average molecular weight is 267 g/mol. The van der Waals surface area contributed by atoms with Gasteiger partial charge in [0, 0.05) is 5.56 Å². The van der Waals surface area contributed by atoms with E-state index in [0.29, 0.717) is 25.1 Å². The second-order valence-corrected chi connectivity index (χ2v) is 4.43. The van der Waals surface area contributed by atoms with Crippen LogP contribution < -0.4 is 5.32 Å². The van der Waals surface area contributed by atoms with Crippen molar-refractivity contribution in [3.05, 3.63) is 35.6 Å². The molecule has 1 aromatic carbocycles. The van der Waals surface area contributed by atoms with E-state index in [9.17, 15) is 9.18 Å². The van der Waals surface area contributed by atoms with E-state index in [1.807, 2.05) is 13.8 Å². The van der Waals surface area contributed by atoms with E-state index in [1.54, 1.807) is 25.1 Å². The molecule has 1 rings (SSSR count). The van der Waals surface area contributed by atoms with E-state index in [2.05, 4.69) is 5.32 Å². The number of halogens is 1. The fourth-order valence-electron chi connectivity index (χ4n) is 2.34. The van der Waals surface area contributed by atoms with Crippen molar-refractivity contribution in [3.63, 3.8) is 0 Å². The topological polar surface area (TPSA) is 38.3 Å². The Morgan fingerprint density at radius 1 is 1.32 bits per heavy atom. The third-order valence-corrected chi connectivity index (χ3v) is 3.26. The number of benzene rings is 1. The standard InChI is InChI=1S/C15H22FNO2/c1-4-15(17-5-2,11-14(18)19-6-3)12-9-7-8-10-13(12)16/h7-10,17H,4-6,11H2,1-3H3. The molecule has 3 nitrogen and oxygen atoms in total. The molecule has 19 heavy (non-hydrogen) atoms. The van der Waals surface area contributed by atoms with Crippen LogP contribution in [0.3, 0.4) is 0 Å². The third kappa shape index (κ3) is 3.77. The zero-order valence-electron chi connectivity index (χ0n) is 11.8. The van der Waals surface area contributed by atoms with Crippen LogP contribution in [0, 0.1) is 5.82 Å². The highest BCUT2D eigenvalue weighted by Gasteiger charge is 2.34. The third-order valence-electron chi connectivity index (χ3n) is 3.26. The number of esters is 1. The number of carbonyl (C=O) groups excluding carboxylic acids is 1. The largest absolute Gasteiger partial charge is 0.466 e. The lowest BCUT2D eigenvalue weighted by molar-refractivity contribution is -0.145. The quantitative estimate of drug-likeness (QED) is 0.772. The van der Waals surface area contributed by atoms with Gasteiger partial charge in [-0.25, -0.2) is 4.39 Å². The van der Waals surface area contributed by atoms with Gasteiger partial charge in [0.25, 0.3) is 0 Å². The van der Waals surface area contributed by atoms with Crippen LogP contribution in [0.2, 0.25) is 0 Å². The van der Waals surface area contributed by atoms with E-state index in [4.69, 9.17) is 4.74 Å². The highest BCUT2D eigenvalue weighted by Crippen LogP contribution is 2.31. The summed E-state index contributed by atoms with van der Waals surface area (Å²) >= 11 is 0. The molecule has 1 atom stereocenters. The van der Waals surface area contributed by atoms with Crippen LogP contribution in [-0.4, -0.2) is 19.1 Å². The lowest BCUT2D eigenvalue weighted by atomic mass is 9.83. The van der Waals surface area contributed by atoms with Gasteiger partial charge in [0.15, 0.2) is 0 Å². The predicted molar refractivity (Wildman–Crippen MR) is 73.3 cm³/mol. The maximum Gasteiger partial charge on any atom is 0.308 e. The molecule has 0 heterocycles. The second-order valence-electron chi connectivity index (χ2n) is 4.43. The van der Waals surface area contributed by atoms with E-state index in [1.165, 1.54) is 6.07 Å². The summed E-state index contributed by atoms with van der Waals surface area (Å²) in [4.78, 5) is 11.8. The highest BCUT2D eigenvalue weighted by molar-refractivity contribution is 5.71. The Morgan fingerprint density at radius 3 is 2.53 bits per heavy atom. The molecular weight excluding hydrogens is 245 g/mol. The van der Waals surface area contributed by atoms with Crippen LogP contribution >= 0.6 is 0 Å². The average Bonchev–Trinajstić information content (AvgIpc) is 2.39. The minimum absolute atomic E-state index is 0.131. The first-order valence-corrected chi connectivity index (χ1v) is 6.75. The Labute approximate surface area is 114 Å². The van der Waals surface area contributed by atoms with Gasteiger partial charge in [0.2, 0.25) is 0 Å². The summed E-state index contributed by atoms with van der Waals surface area (Å²) in [7, 11) is 0. The first-order valence-electron chi connectivity index (χ1n) is 6.75. The van der Waals surface area contributed by atoms with Crippen molar-refractivity contribution >= 4 is 5.97 Å². The maximum atomic E-state index is 14.0. The van der Waals surface area contributed by atoms with Crippen LogP contribution in [0.15, 0.2) is 24.3 Å². The van der Waals surface area contributed by atoms with Crippen molar-refractivity contribution in [2.45, 2.75) is 39.2 Å². The van der Waals surface area contributed by atoms with Crippen LogP contribution in [-0.2, 0) is 15.1 Å². The Kier molecular flexibility index (Phi) is 5.96. The number of rotatable bonds is 7. The molecule has 106 valence electrons. The van der Waals surface area contributed by atoms with Crippen LogP contribution in [0.5, 0.6) is 0 Å². The summed E-state index contributed by atoms with van der Waals surface area (Å²) in [5.74, 6) is -0.608. The van der Waals surface area contributed by atoms with Crippen molar-refractivity contribution in [1.82, 2.24) is 5.32 Å². The number of hydrogen-bond donors (Lipinski definition) is 1. The predicted octanol–water partition coefficient (Wildman–Crippen LogP) is 2.99. The lowest BCUT2D eigenvalue weighted by Gasteiger charge is -2.33. The molecule has 0 bridgehead atoms. The molecule has 0 fully saturated rings. The van der Waals surface area contributed by atoms with Gasteiger partial charge in [-0.15, -0.1) is 0 Å². The second kappa shape index (κ2) is 7.24. The van der Waals surface area contributed by atoms with E-state index < -0.39 is 5.54 Å². The Balaban J connectivity index is 3.11. The van der Waals surface area contributed by atoms with Gasteiger partial charge in [-0.1, -0.05) is 32.0 Å². The maximum absolute atomic E-state index is 14.0. The van der Waals surface area contributed by atoms with Gasteiger partial charge in [-0.3, -0.25) is 4.79 Å². The van der Waals surface area contributed by atoms with Gasteiger partial charge in [-0.05, 0) is 26.0 Å². The first kappa shape index (κ1) is 15.6. The summed E-state index contributed by atoms with van der Waals surface area (Å²) in [5, 5.41) is 3.25. The number of ether oxygens (including phenoxy) is 1. The number of hydrogen-bond acceptors (Lipinski definition) is 3. The minimum atomic E-state index is -0.702.